The molecule has 0 aliphatic carbocycles. The van der Waals surface area contributed by atoms with Crippen molar-refractivity contribution in [1.82, 2.24) is 10.2 Å². The fourth-order valence-electron chi connectivity index (χ4n) is 2.88. The summed E-state index contributed by atoms with van der Waals surface area (Å²) in [7, 11) is 1.94. The van der Waals surface area contributed by atoms with Gasteiger partial charge in [-0.25, -0.2) is 0 Å². The number of amides is 1. The van der Waals surface area contributed by atoms with Crippen LogP contribution in [0, 0.1) is 6.92 Å². The summed E-state index contributed by atoms with van der Waals surface area (Å²) >= 11 is 1.68. The maximum atomic E-state index is 12.3. The van der Waals surface area contributed by atoms with Crippen LogP contribution in [0.4, 0.5) is 0 Å². The van der Waals surface area contributed by atoms with Crippen molar-refractivity contribution in [3.05, 3.63) is 21.9 Å². The minimum Gasteiger partial charge on any atom is -0.350 e. The number of nitrogens with zero attached hydrogens (tertiary/aromatic N) is 1. The van der Waals surface area contributed by atoms with E-state index in [4.69, 9.17) is 9.47 Å². The highest BCUT2D eigenvalue weighted by atomic mass is 32.1. The lowest BCUT2D eigenvalue weighted by molar-refractivity contribution is -0.146. The smallest absolute Gasteiger partial charge is 0.237 e. The van der Waals surface area contributed by atoms with Gasteiger partial charge in [-0.2, -0.15) is 0 Å². The zero-order valence-electron chi connectivity index (χ0n) is 11.8. The Bertz CT molecular complexity index is 496. The third-order valence-electron chi connectivity index (χ3n) is 3.86. The molecule has 0 aromatic carbocycles. The van der Waals surface area contributed by atoms with E-state index >= 15 is 0 Å². The van der Waals surface area contributed by atoms with Crippen molar-refractivity contribution in [3.63, 3.8) is 0 Å². The quantitative estimate of drug-likeness (QED) is 0.908. The summed E-state index contributed by atoms with van der Waals surface area (Å²) in [6.07, 6.45) is 0.610. The molecule has 1 amide bonds. The maximum absolute atomic E-state index is 12.3. The van der Waals surface area contributed by atoms with Gasteiger partial charge in [0.25, 0.3) is 0 Å². The highest BCUT2D eigenvalue weighted by Gasteiger charge is 2.49. The summed E-state index contributed by atoms with van der Waals surface area (Å²) in [5.74, 6) is -0.509. The Kier molecular flexibility index (Phi) is 3.81. The van der Waals surface area contributed by atoms with Gasteiger partial charge in [0.05, 0.1) is 32.3 Å². The average molecular weight is 296 g/mol. The molecule has 3 heterocycles. The molecule has 1 aromatic heterocycles. The van der Waals surface area contributed by atoms with E-state index in [0.29, 0.717) is 32.7 Å². The van der Waals surface area contributed by atoms with Crippen LogP contribution in [-0.2, 0) is 20.8 Å². The standard InChI is InChI=1S/C14H20N2O3S/c1-10-5-11(20-8-10)7-15-13(17)12-6-14(9-16(12)2)18-3-4-19-14/h5,8,12H,3-4,6-7,9H2,1-2H3,(H,15,17). The van der Waals surface area contributed by atoms with Gasteiger partial charge in [-0.1, -0.05) is 0 Å². The predicted molar refractivity (Wildman–Crippen MR) is 76.6 cm³/mol. The molecule has 0 saturated carbocycles. The summed E-state index contributed by atoms with van der Waals surface area (Å²) in [6.45, 7) is 4.55. The van der Waals surface area contributed by atoms with Crippen LogP contribution in [0.2, 0.25) is 0 Å². The molecule has 1 N–H and O–H groups in total. The van der Waals surface area contributed by atoms with Gasteiger partial charge in [-0.15, -0.1) is 11.3 Å². The molecule has 1 spiro atoms. The summed E-state index contributed by atoms with van der Waals surface area (Å²) in [5, 5.41) is 5.11. The third kappa shape index (κ3) is 2.74. The Balaban J connectivity index is 1.57. The molecule has 1 unspecified atom stereocenters. The Hall–Kier alpha value is -0.950. The lowest BCUT2D eigenvalue weighted by atomic mass is 10.1. The number of rotatable bonds is 3. The number of hydrogen-bond acceptors (Lipinski definition) is 5. The Morgan fingerprint density at radius 3 is 2.95 bits per heavy atom. The lowest BCUT2D eigenvalue weighted by Crippen LogP contribution is -2.40. The third-order valence-corrected chi connectivity index (χ3v) is 4.92. The summed E-state index contributed by atoms with van der Waals surface area (Å²) < 4.78 is 11.4. The first-order chi connectivity index (χ1) is 9.58. The highest BCUT2D eigenvalue weighted by Crippen LogP contribution is 2.33. The monoisotopic (exact) mass is 296 g/mol. The second-order valence-corrected chi connectivity index (χ2v) is 6.55. The van der Waals surface area contributed by atoms with Crippen LogP contribution >= 0.6 is 11.3 Å². The molecule has 0 radical (unpaired) electrons. The fraction of sp³-hybridized carbons (Fsp3) is 0.643. The summed E-state index contributed by atoms with van der Waals surface area (Å²) in [4.78, 5) is 15.5. The molecule has 2 aliphatic rings. The SMILES string of the molecule is Cc1csc(CNC(=O)C2CC3(CN2C)OCCO3)c1. The number of carbonyl (C=O) groups excluding carboxylic acids is 1. The van der Waals surface area contributed by atoms with Gasteiger partial charge in [0.1, 0.15) is 0 Å². The predicted octanol–water partition coefficient (Wildman–Crippen LogP) is 1.12. The molecule has 3 rings (SSSR count). The number of thiophene rings is 1. The van der Waals surface area contributed by atoms with Gasteiger partial charge in [-0.3, -0.25) is 9.69 Å². The van der Waals surface area contributed by atoms with Crippen molar-refractivity contribution in [2.75, 3.05) is 26.8 Å². The van der Waals surface area contributed by atoms with Crippen molar-refractivity contribution in [1.29, 1.82) is 0 Å². The number of likely N-dealkylation sites (N-methyl/N-ethyl adjacent to an activating group) is 1. The molecule has 6 heteroatoms. The first kappa shape index (κ1) is 14.0. The molecule has 110 valence electrons. The van der Waals surface area contributed by atoms with E-state index in [-0.39, 0.29) is 11.9 Å². The normalized spacial score (nSPS) is 25.4. The molecule has 2 aliphatic heterocycles. The molecular formula is C14H20N2O3S. The largest absolute Gasteiger partial charge is 0.350 e. The van der Waals surface area contributed by atoms with Crippen LogP contribution in [-0.4, -0.2) is 49.4 Å². The topological polar surface area (TPSA) is 50.8 Å². The molecule has 2 fully saturated rings. The van der Waals surface area contributed by atoms with Crippen LogP contribution in [0.5, 0.6) is 0 Å². The summed E-state index contributed by atoms with van der Waals surface area (Å²) in [5.41, 5.74) is 1.24. The molecule has 20 heavy (non-hydrogen) atoms. The first-order valence-electron chi connectivity index (χ1n) is 6.88. The average Bonchev–Trinajstić information content (AvgIpc) is 3.10. The number of nitrogens with one attached hydrogen (secondary N) is 1. The zero-order valence-corrected chi connectivity index (χ0v) is 12.7. The van der Waals surface area contributed by atoms with Crippen molar-refractivity contribution < 1.29 is 14.3 Å². The van der Waals surface area contributed by atoms with Crippen molar-refractivity contribution >= 4 is 17.2 Å². The van der Waals surface area contributed by atoms with Crippen LogP contribution < -0.4 is 5.32 Å². The molecule has 1 atom stereocenters. The fourth-order valence-corrected chi connectivity index (χ4v) is 3.69. The lowest BCUT2D eigenvalue weighted by Gasteiger charge is -2.20. The van der Waals surface area contributed by atoms with Gasteiger partial charge in [0.2, 0.25) is 5.91 Å². The molecule has 5 nitrogen and oxygen atoms in total. The Labute approximate surface area is 122 Å². The van der Waals surface area contributed by atoms with Gasteiger partial charge in [0.15, 0.2) is 5.79 Å². The molecule has 1 aromatic rings. The van der Waals surface area contributed by atoms with E-state index in [0.717, 1.165) is 0 Å². The number of ether oxygens (including phenoxy) is 2. The van der Waals surface area contributed by atoms with Crippen molar-refractivity contribution in [2.24, 2.45) is 0 Å². The molecule has 0 bridgehead atoms. The number of carbonyl (C=O) groups is 1. The molecular weight excluding hydrogens is 276 g/mol. The van der Waals surface area contributed by atoms with Crippen LogP contribution in [0.3, 0.4) is 0 Å². The second kappa shape index (κ2) is 5.44. The van der Waals surface area contributed by atoms with E-state index in [9.17, 15) is 4.79 Å². The zero-order chi connectivity index (χ0) is 14.2. The van der Waals surface area contributed by atoms with Gasteiger partial charge < -0.3 is 14.8 Å². The molecule has 2 saturated heterocycles. The number of likely N-dealkylation sites (tertiary alicyclic amines) is 1. The van der Waals surface area contributed by atoms with Crippen LogP contribution in [0.15, 0.2) is 11.4 Å². The van der Waals surface area contributed by atoms with Crippen LogP contribution in [0.1, 0.15) is 16.9 Å². The Morgan fingerprint density at radius 2 is 2.30 bits per heavy atom. The Morgan fingerprint density at radius 1 is 1.55 bits per heavy atom. The first-order valence-corrected chi connectivity index (χ1v) is 7.76. The van der Waals surface area contributed by atoms with Gasteiger partial charge >= 0.3 is 0 Å². The van der Waals surface area contributed by atoms with E-state index in [1.54, 1.807) is 11.3 Å². The number of hydrogen-bond donors (Lipinski definition) is 1. The minimum atomic E-state index is -0.559. The maximum Gasteiger partial charge on any atom is 0.237 e. The second-order valence-electron chi connectivity index (χ2n) is 5.55. The number of aryl methyl sites for hydroxylation is 1. The van der Waals surface area contributed by atoms with Crippen molar-refractivity contribution in [3.8, 4) is 0 Å². The minimum absolute atomic E-state index is 0.0505. The van der Waals surface area contributed by atoms with E-state index < -0.39 is 5.79 Å². The van der Waals surface area contributed by atoms with E-state index in [1.165, 1.54) is 10.4 Å². The van der Waals surface area contributed by atoms with E-state index in [1.807, 2.05) is 11.9 Å². The highest BCUT2D eigenvalue weighted by molar-refractivity contribution is 7.10. The van der Waals surface area contributed by atoms with Gasteiger partial charge in [0, 0.05) is 11.3 Å². The van der Waals surface area contributed by atoms with Crippen LogP contribution in [0.25, 0.3) is 0 Å². The van der Waals surface area contributed by atoms with Crippen molar-refractivity contribution in [2.45, 2.75) is 31.7 Å². The van der Waals surface area contributed by atoms with E-state index in [2.05, 4.69) is 23.7 Å². The summed E-state index contributed by atoms with van der Waals surface area (Å²) in [6, 6.07) is 1.93. The van der Waals surface area contributed by atoms with Gasteiger partial charge in [-0.05, 0) is 31.0 Å².